The summed E-state index contributed by atoms with van der Waals surface area (Å²) < 4.78 is 0. The van der Waals surface area contributed by atoms with Gasteiger partial charge in [0, 0.05) is 12.5 Å². The van der Waals surface area contributed by atoms with Gasteiger partial charge in [-0.1, -0.05) is 30.3 Å². The van der Waals surface area contributed by atoms with Crippen LogP contribution < -0.4 is 11.1 Å². The van der Waals surface area contributed by atoms with Gasteiger partial charge in [-0.3, -0.25) is 9.89 Å². The number of carbonyl (C=O) groups is 1. The number of amides is 1. The second-order valence-corrected chi connectivity index (χ2v) is 4.72. The Bertz CT molecular complexity index is 526. The molecule has 0 bridgehead atoms. The van der Waals surface area contributed by atoms with Crippen LogP contribution in [-0.2, 0) is 4.79 Å². The average molecular weight is 273 g/mol. The molecule has 106 valence electrons. The molecule has 4 N–H and O–H groups in total. The van der Waals surface area contributed by atoms with Crippen LogP contribution in [0.25, 0.3) is 0 Å². The van der Waals surface area contributed by atoms with Crippen LogP contribution in [0, 0.1) is 0 Å². The fourth-order valence-electron chi connectivity index (χ4n) is 1.96. The Hall–Kier alpha value is -2.21. The number of nitrogens with one attached hydrogen (secondary N) is 2. The summed E-state index contributed by atoms with van der Waals surface area (Å²) in [5.41, 5.74) is 7.11. The summed E-state index contributed by atoms with van der Waals surface area (Å²) in [7, 11) is 0. The van der Waals surface area contributed by atoms with Crippen LogP contribution in [0.4, 0.5) is 0 Å². The van der Waals surface area contributed by atoms with Crippen molar-refractivity contribution in [3.05, 3.63) is 48.0 Å². The van der Waals surface area contributed by atoms with Crippen LogP contribution in [0.2, 0.25) is 0 Å². The van der Waals surface area contributed by atoms with Gasteiger partial charge in [0.05, 0.1) is 6.04 Å². The van der Waals surface area contributed by atoms with E-state index in [-0.39, 0.29) is 18.0 Å². The molecular formula is C14H19N5O. The highest BCUT2D eigenvalue weighted by atomic mass is 16.1. The van der Waals surface area contributed by atoms with Gasteiger partial charge in [-0.2, -0.15) is 5.10 Å². The van der Waals surface area contributed by atoms with E-state index in [0.717, 1.165) is 5.56 Å². The number of H-pyrrole nitrogens is 1. The molecule has 0 aliphatic carbocycles. The summed E-state index contributed by atoms with van der Waals surface area (Å²) in [4.78, 5) is 15.9. The van der Waals surface area contributed by atoms with Crippen molar-refractivity contribution in [2.45, 2.75) is 31.8 Å². The monoisotopic (exact) mass is 273 g/mol. The number of hydrogen-bond acceptors (Lipinski definition) is 4. The minimum absolute atomic E-state index is 0.0414. The number of benzene rings is 1. The van der Waals surface area contributed by atoms with E-state index in [1.165, 1.54) is 6.33 Å². The predicted molar refractivity (Wildman–Crippen MR) is 75.5 cm³/mol. The summed E-state index contributed by atoms with van der Waals surface area (Å²) in [5.74, 6) is 0.603. The summed E-state index contributed by atoms with van der Waals surface area (Å²) in [5, 5.41) is 9.35. The number of nitrogens with zero attached hydrogens (tertiary/aromatic N) is 2. The van der Waals surface area contributed by atoms with Gasteiger partial charge in [-0.05, 0) is 18.9 Å². The lowest BCUT2D eigenvalue weighted by Crippen LogP contribution is -2.28. The van der Waals surface area contributed by atoms with Crippen LogP contribution >= 0.6 is 0 Å². The fraction of sp³-hybridized carbons (Fsp3) is 0.357. The van der Waals surface area contributed by atoms with Crippen molar-refractivity contribution in [1.82, 2.24) is 20.5 Å². The highest BCUT2D eigenvalue weighted by molar-refractivity contribution is 5.76. The topological polar surface area (TPSA) is 96.7 Å². The van der Waals surface area contributed by atoms with Crippen LogP contribution in [0.5, 0.6) is 0 Å². The molecule has 0 radical (unpaired) electrons. The molecule has 1 heterocycles. The van der Waals surface area contributed by atoms with E-state index < -0.39 is 0 Å². The number of rotatable bonds is 6. The third kappa shape index (κ3) is 3.89. The summed E-state index contributed by atoms with van der Waals surface area (Å²) >= 11 is 0. The van der Waals surface area contributed by atoms with Gasteiger partial charge in [0.25, 0.3) is 0 Å². The Morgan fingerprint density at radius 2 is 2.15 bits per heavy atom. The molecule has 1 amide bonds. The first kappa shape index (κ1) is 14.2. The summed E-state index contributed by atoms with van der Waals surface area (Å²) in [6, 6.07) is 9.48. The first-order valence-corrected chi connectivity index (χ1v) is 6.62. The molecule has 20 heavy (non-hydrogen) atoms. The molecule has 1 aromatic carbocycles. The number of aromatic nitrogens is 3. The Balaban J connectivity index is 1.78. The van der Waals surface area contributed by atoms with Gasteiger partial charge in [0.15, 0.2) is 0 Å². The van der Waals surface area contributed by atoms with Crippen molar-refractivity contribution in [3.63, 3.8) is 0 Å². The minimum Gasteiger partial charge on any atom is -0.346 e. The van der Waals surface area contributed by atoms with Gasteiger partial charge < -0.3 is 11.1 Å². The van der Waals surface area contributed by atoms with Gasteiger partial charge in [0.2, 0.25) is 5.91 Å². The van der Waals surface area contributed by atoms with Crippen molar-refractivity contribution in [3.8, 4) is 0 Å². The maximum atomic E-state index is 11.9. The Morgan fingerprint density at radius 3 is 2.80 bits per heavy atom. The molecule has 1 aromatic heterocycles. The molecule has 0 aliphatic rings. The lowest BCUT2D eigenvalue weighted by Gasteiger charge is -2.14. The molecule has 2 atom stereocenters. The van der Waals surface area contributed by atoms with E-state index in [1.54, 1.807) is 0 Å². The van der Waals surface area contributed by atoms with E-state index in [1.807, 2.05) is 37.3 Å². The molecule has 0 saturated carbocycles. The smallest absolute Gasteiger partial charge is 0.220 e. The lowest BCUT2D eigenvalue weighted by atomic mass is 10.0. The van der Waals surface area contributed by atoms with Crippen LogP contribution in [0.1, 0.15) is 43.2 Å². The molecule has 0 aliphatic heterocycles. The van der Waals surface area contributed by atoms with E-state index in [0.29, 0.717) is 18.7 Å². The number of nitrogens with two attached hydrogens (primary N) is 1. The van der Waals surface area contributed by atoms with E-state index >= 15 is 0 Å². The van der Waals surface area contributed by atoms with Crippen LogP contribution in [0.3, 0.4) is 0 Å². The normalized spacial score (nSPS) is 13.7. The molecule has 6 heteroatoms. The molecule has 6 nitrogen and oxygen atoms in total. The average Bonchev–Trinajstić information content (AvgIpc) is 3.00. The Kier molecular flexibility index (Phi) is 4.84. The van der Waals surface area contributed by atoms with Crippen molar-refractivity contribution in [1.29, 1.82) is 0 Å². The highest BCUT2D eigenvalue weighted by Gasteiger charge is 2.13. The predicted octanol–water partition coefficient (Wildman–Crippen LogP) is 1.46. The van der Waals surface area contributed by atoms with Crippen LogP contribution in [-0.4, -0.2) is 21.1 Å². The molecule has 2 aromatic rings. The summed E-state index contributed by atoms with van der Waals surface area (Å²) in [6.07, 6.45) is 2.41. The van der Waals surface area contributed by atoms with Gasteiger partial charge in [0.1, 0.15) is 12.2 Å². The van der Waals surface area contributed by atoms with Gasteiger partial charge in [-0.15, -0.1) is 0 Å². The first-order valence-electron chi connectivity index (χ1n) is 6.62. The van der Waals surface area contributed by atoms with E-state index in [4.69, 9.17) is 5.73 Å². The zero-order valence-electron chi connectivity index (χ0n) is 11.4. The number of aromatic amines is 1. The molecule has 0 saturated heterocycles. The standard InChI is InChI=1S/C14H19N5O/c1-10(14-16-9-17-19-14)18-13(20)8-7-12(15)11-5-3-2-4-6-11/h2-6,9-10,12H,7-8,15H2,1H3,(H,18,20)(H,16,17,19). The Labute approximate surface area is 117 Å². The van der Waals surface area contributed by atoms with E-state index in [2.05, 4.69) is 20.5 Å². The maximum Gasteiger partial charge on any atom is 0.220 e. The fourth-order valence-corrected chi connectivity index (χ4v) is 1.96. The SMILES string of the molecule is CC(NC(=O)CCC(N)c1ccccc1)c1ncn[nH]1. The number of hydrogen-bond donors (Lipinski definition) is 3. The van der Waals surface area contributed by atoms with Crippen molar-refractivity contribution >= 4 is 5.91 Å². The van der Waals surface area contributed by atoms with Crippen LogP contribution in [0.15, 0.2) is 36.7 Å². The zero-order chi connectivity index (χ0) is 14.4. The minimum atomic E-state index is -0.182. The first-order chi connectivity index (χ1) is 9.66. The molecule has 2 unspecified atom stereocenters. The van der Waals surface area contributed by atoms with E-state index in [9.17, 15) is 4.79 Å². The maximum absolute atomic E-state index is 11.9. The van der Waals surface area contributed by atoms with Crippen molar-refractivity contribution in [2.24, 2.45) is 5.73 Å². The number of carbonyl (C=O) groups excluding carboxylic acids is 1. The molecule has 0 spiro atoms. The quantitative estimate of drug-likeness (QED) is 0.742. The van der Waals surface area contributed by atoms with Crippen molar-refractivity contribution in [2.75, 3.05) is 0 Å². The second-order valence-electron chi connectivity index (χ2n) is 4.72. The largest absolute Gasteiger partial charge is 0.346 e. The van der Waals surface area contributed by atoms with Gasteiger partial charge >= 0.3 is 0 Å². The molecular weight excluding hydrogens is 254 g/mol. The summed E-state index contributed by atoms with van der Waals surface area (Å²) in [6.45, 7) is 1.86. The third-order valence-corrected chi connectivity index (χ3v) is 3.13. The van der Waals surface area contributed by atoms with Gasteiger partial charge in [-0.25, -0.2) is 4.98 Å². The highest BCUT2D eigenvalue weighted by Crippen LogP contribution is 2.15. The second kappa shape index (κ2) is 6.81. The molecule has 0 fully saturated rings. The third-order valence-electron chi connectivity index (χ3n) is 3.13. The molecule has 2 rings (SSSR count). The zero-order valence-corrected chi connectivity index (χ0v) is 11.4. The lowest BCUT2D eigenvalue weighted by molar-refractivity contribution is -0.122. The van der Waals surface area contributed by atoms with Crippen molar-refractivity contribution < 1.29 is 4.79 Å². The Morgan fingerprint density at radius 1 is 1.40 bits per heavy atom.